The van der Waals surface area contributed by atoms with Crippen molar-refractivity contribution in [3.63, 3.8) is 0 Å². The topological polar surface area (TPSA) is 49.1 Å². The molecular formula is C48H35N3. The number of allylic oxidation sites excluding steroid dienone is 1. The van der Waals surface area contributed by atoms with Crippen molar-refractivity contribution in [3.05, 3.63) is 192 Å². The van der Waals surface area contributed by atoms with Gasteiger partial charge in [-0.3, -0.25) is 9.98 Å². The Morgan fingerprint density at radius 1 is 0.569 bits per heavy atom. The van der Waals surface area contributed by atoms with Crippen LogP contribution in [0.1, 0.15) is 41.7 Å². The minimum Gasteiger partial charge on any atom is -0.300 e. The van der Waals surface area contributed by atoms with Crippen LogP contribution in [0.25, 0.3) is 60.4 Å². The van der Waals surface area contributed by atoms with E-state index < -0.39 is 0 Å². The summed E-state index contributed by atoms with van der Waals surface area (Å²) >= 11 is 0. The van der Waals surface area contributed by atoms with Gasteiger partial charge in [0.2, 0.25) is 0 Å². The van der Waals surface area contributed by atoms with Gasteiger partial charge in [-0.2, -0.15) is 0 Å². The van der Waals surface area contributed by atoms with E-state index in [4.69, 9.17) is 15.4 Å². The monoisotopic (exact) mass is 653 g/mol. The molecule has 1 aromatic heterocycles. The van der Waals surface area contributed by atoms with Crippen LogP contribution in [0.5, 0.6) is 0 Å². The zero-order valence-electron chi connectivity index (χ0n) is 28.6. The molecule has 8 aromatic rings. The Morgan fingerprint density at radius 2 is 1.22 bits per heavy atom. The zero-order chi connectivity index (χ0) is 34.5. The van der Waals surface area contributed by atoms with E-state index in [0.717, 1.165) is 33.0 Å². The van der Waals surface area contributed by atoms with Gasteiger partial charge in [0.1, 0.15) is 0 Å². The minimum atomic E-state index is -0.182. The number of benzene rings is 7. The molecule has 51 heavy (non-hydrogen) atoms. The molecule has 7 aromatic carbocycles. The standard InChI is InChI=1S/C48H35N3/c1-48(2)45-36-19-7-6-13-31(36)24-27-41(45)40-22-11-21-39(46(40)48)38-26-25-34(35-18-8-9-20-37(35)38)30-51-44(29-43(49)32-14-4-3-5-15-32)42-23-10-16-33-17-12-28-50-47(33)42/h3-30,49H,1-2H3/b44-29-,49-43?,51-30?. The van der Waals surface area contributed by atoms with Gasteiger partial charge in [-0.1, -0.05) is 159 Å². The second-order valence-electron chi connectivity index (χ2n) is 13.8. The van der Waals surface area contributed by atoms with Gasteiger partial charge < -0.3 is 5.41 Å². The summed E-state index contributed by atoms with van der Waals surface area (Å²) in [4.78, 5) is 9.84. The van der Waals surface area contributed by atoms with Crippen LogP contribution in [0.15, 0.2) is 169 Å². The van der Waals surface area contributed by atoms with Gasteiger partial charge in [0.05, 0.1) is 16.9 Å². The van der Waals surface area contributed by atoms with Gasteiger partial charge in [0, 0.05) is 34.3 Å². The van der Waals surface area contributed by atoms with Crippen LogP contribution in [-0.2, 0) is 5.41 Å². The second-order valence-corrected chi connectivity index (χ2v) is 13.8. The van der Waals surface area contributed by atoms with Gasteiger partial charge in [-0.15, -0.1) is 0 Å². The predicted octanol–water partition coefficient (Wildman–Crippen LogP) is 12.0. The Labute approximate surface area is 297 Å². The van der Waals surface area contributed by atoms with E-state index in [1.165, 1.54) is 49.5 Å². The smallest absolute Gasteiger partial charge is 0.0795 e. The van der Waals surface area contributed by atoms with Crippen LogP contribution in [0.3, 0.4) is 0 Å². The van der Waals surface area contributed by atoms with Crippen molar-refractivity contribution in [1.82, 2.24) is 4.98 Å². The molecule has 0 unspecified atom stereocenters. The van der Waals surface area contributed by atoms with E-state index in [9.17, 15) is 0 Å². The fraction of sp³-hybridized carbons (Fsp3) is 0.0625. The molecule has 0 bridgehead atoms. The number of fused-ring (bicyclic) bond motifs is 7. The molecule has 1 heterocycles. The number of rotatable bonds is 6. The Bertz CT molecular complexity index is 2730. The average Bonchev–Trinajstić information content (AvgIpc) is 3.43. The largest absolute Gasteiger partial charge is 0.300 e. The normalized spacial score (nSPS) is 13.6. The number of aliphatic imine (C=N–C) groups is 1. The molecule has 3 nitrogen and oxygen atoms in total. The number of para-hydroxylation sites is 1. The SMILES string of the molecule is CC1(C)c2c(cccc2-c2ccc(C=N/C(=C\C(=N)c3ccccc3)c3cccc4cccnc34)c3ccccc23)-c2ccc3ccccc3c21. The van der Waals surface area contributed by atoms with Crippen LogP contribution >= 0.6 is 0 Å². The Morgan fingerprint density at radius 3 is 2.06 bits per heavy atom. The number of hydrogen-bond acceptors (Lipinski definition) is 3. The van der Waals surface area contributed by atoms with E-state index in [1.54, 1.807) is 0 Å². The van der Waals surface area contributed by atoms with Gasteiger partial charge >= 0.3 is 0 Å². The minimum absolute atomic E-state index is 0.182. The molecule has 1 aliphatic rings. The maximum atomic E-state index is 8.97. The van der Waals surface area contributed by atoms with Crippen molar-refractivity contribution in [1.29, 1.82) is 5.41 Å². The molecule has 1 aliphatic carbocycles. The lowest BCUT2D eigenvalue weighted by Gasteiger charge is -2.26. The van der Waals surface area contributed by atoms with Crippen LogP contribution < -0.4 is 0 Å². The van der Waals surface area contributed by atoms with E-state index in [-0.39, 0.29) is 5.41 Å². The van der Waals surface area contributed by atoms with Crippen LogP contribution in [0.2, 0.25) is 0 Å². The third-order valence-electron chi connectivity index (χ3n) is 10.4. The lowest BCUT2D eigenvalue weighted by Crippen LogP contribution is -2.17. The molecule has 242 valence electrons. The summed E-state index contributed by atoms with van der Waals surface area (Å²) in [7, 11) is 0. The van der Waals surface area contributed by atoms with E-state index in [1.807, 2.05) is 67.0 Å². The van der Waals surface area contributed by atoms with Crippen molar-refractivity contribution in [2.24, 2.45) is 4.99 Å². The zero-order valence-corrected chi connectivity index (χ0v) is 28.6. The molecule has 1 N–H and O–H groups in total. The summed E-state index contributed by atoms with van der Waals surface area (Å²) in [6.07, 6.45) is 5.60. The van der Waals surface area contributed by atoms with Crippen LogP contribution in [0, 0.1) is 5.41 Å². The van der Waals surface area contributed by atoms with Crippen molar-refractivity contribution < 1.29 is 0 Å². The van der Waals surface area contributed by atoms with Gasteiger partial charge in [-0.25, -0.2) is 0 Å². The van der Waals surface area contributed by atoms with E-state index in [0.29, 0.717) is 11.4 Å². The summed E-state index contributed by atoms with van der Waals surface area (Å²) in [5.74, 6) is 0. The number of hydrogen-bond donors (Lipinski definition) is 1. The Kier molecular flexibility index (Phi) is 7.29. The molecule has 0 fully saturated rings. The molecule has 0 saturated carbocycles. The summed E-state index contributed by atoms with van der Waals surface area (Å²) in [5, 5.41) is 14.9. The van der Waals surface area contributed by atoms with Crippen molar-refractivity contribution in [3.8, 4) is 22.3 Å². The Balaban J connectivity index is 1.18. The molecule has 3 heteroatoms. The quantitative estimate of drug-likeness (QED) is 0.178. The number of nitrogens with one attached hydrogen (secondary N) is 1. The average molecular weight is 654 g/mol. The summed E-state index contributed by atoms with van der Waals surface area (Å²) in [6, 6.07) is 53.1. The van der Waals surface area contributed by atoms with Gasteiger partial charge in [-0.05, 0) is 72.6 Å². The molecule has 0 radical (unpaired) electrons. The maximum Gasteiger partial charge on any atom is 0.0795 e. The molecule has 0 saturated heterocycles. The molecule has 0 atom stereocenters. The molecule has 0 amide bonds. The van der Waals surface area contributed by atoms with Crippen molar-refractivity contribution in [2.45, 2.75) is 19.3 Å². The van der Waals surface area contributed by atoms with Crippen molar-refractivity contribution >= 4 is 50.1 Å². The molecule has 0 aliphatic heterocycles. The van der Waals surface area contributed by atoms with E-state index in [2.05, 4.69) is 117 Å². The highest BCUT2D eigenvalue weighted by molar-refractivity contribution is 6.13. The summed E-state index contributed by atoms with van der Waals surface area (Å²) in [6.45, 7) is 4.75. The molecule has 9 rings (SSSR count). The third kappa shape index (κ3) is 5.09. The molecular weight excluding hydrogens is 619 g/mol. The Hall–Kier alpha value is -6.45. The highest BCUT2D eigenvalue weighted by Crippen LogP contribution is 2.54. The molecule has 0 spiro atoms. The first-order valence-electron chi connectivity index (χ1n) is 17.4. The maximum absolute atomic E-state index is 8.97. The lowest BCUT2D eigenvalue weighted by atomic mass is 9.77. The lowest BCUT2D eigenvalue weighted by molar-refractivity contribution is 0.668. The van der Waals surface area contributed by atoms with Crippen LogP contribution in [0.4, 0.5) is 0 Å². The number of pyridine rings is 1. The number of nitrogens with zero attached hydrogens (tertiary/aromatic N) is 2. The van der Waals surface area contributed by atoms with Crippen LogP contribution in [-0.4, -0.2) is 16.9 Å². The highest BCUT2D eigenvalue weighted by atomic mass is 14.8. The van der Waals surface area contributed by atoms with Gasteiger partial charge in [0.25, 0.3) is 0 Å². The van der Waals surface area contributed by atoms with E-state index >= 15 is 0 Å². The summed E-state index contributed by atoms with van der Waals surface area (Å²) < 4.78 is 0. The fourth-order valence-corrected chi connectivity index (χ4v) is 8.11. The highest BCUT2D eigenvalue weighted by Gasteiger charge is 2.39. The fourth-order valence-electron chi connectivity index (χ4n) is 8.11. The summed E-state index contributed by atoms with van der Waals surface area (Å²) in [5.41, 5.74) is 12.4. The van der Waals surface area contributed by atoms with Gasteiger partial charge in [0.15, 0.2) is 0 Å². The third-order valence-corrected chi connectivity index (χ3v) is 10.4. The number of aromatic nitrogens is 1. The second kappa shape index (κ2) is 12.2. The first-order valence-corrected chi connectivity index (χ1v) is 17.4. The van der Waals surface area contributed by atoms with Crippen molar-refractivity contribution in [2.75, 3.05) is 0 Å². The first kappa shape index (κ1) is 30.6. The predicted molar refractivity (Wildman–Crippen MR) is 215 cm³/mol. The first-order chi connectivity index (χ1) is 25.0.